The van der Waals surface area contributed by atoms with Crippen LogP contribution < -0.4 is 0 Å². The second-order valence-electron chi connectivity index (χ2n) is 6.38. The molecule has 2 aromatic heterocycles. The maximum absolute atomic E-state index is 12.7. The third kappa shape index (κ3) is 2.67. The van der Waals surface area contributed by atoms with Crippen LogP contribution in [0.4, 0.5) is 0 Å². The van der Waals surface area contributed by atoms with Crippen LogP contribution in [0.1, 0.15) is 52.7 Å². The largest absolute Gasteiger partial charge is 0.332 e. The van der Waals surface area contributed by atoms with Crippen molar-refractivity contribution >= 4 is 17.2 Å². The van der Waals surface area contributed by atoms with Crippen molar-refractivity contribution in [1.82, 2.24) is 19.7 Å². The highest BCUT2D eigenvalue weighted by Gasteiger charge is 2.32. The minimum absolute atomic E-state index is 0.0922. The number of rotatable bonds is 4. The van der Waals surface area contributed by atoms with Gasteiger partial charge in [-0.05, 0) is 38.2 Å². The minimum Gasteiger partial charge on any atom is -0.332 e. The maximum atomic E-state index is 12.7. The Morgan fingerprint density at radius 1 is 1.41 bits per heavy atom. The van der Waals surface area contributed by atoms with Gasteiger partial charge in [-0.2, -0.15) is 5.10 Å². The molecule has 0 unspecified atom stereocenters. The van der Waals surface area contributed by atoms with E-state index in [4.69, 9.17) is 0 Å². The zero-order valence-corrected chi connectivity index (χ0v) is 13.6. The second-order valence-corrected chi connectivity index (χ2v) is 7.27. The van der Waals surface area contributed by atoms with E-state index in [1.54, 1.807) is 11.3 Å². The van der Waals surface area contributed by atoms with Gasteiger partial charge >= 0.3 is 0 Å². The van der Waals surface area contributed by atoms with Crippen molar-refractivity contribution in [2.45, 2.75) is 51.1 Å². The standard InChI is InChI=1S/C16H20N4OS/c1-11-7-17-19(8-11)9-13-3-2-6-20(13)16(21)14-10-22-15(18-14)12-4-5-12/h7-8,10,12-13H,2-6,9H2,1H3/t13-/m1/s1. The molecule has 1 saturated heterocycles. The second kappa shape index (κ2) is 5.50. The fourth-order valence-electron chi connectivity index (χ4n) is 3.13. The lowest BCUT2D eigenvalue weighted by molar-refractivity contribution is 0.0716. The quantitative estimate of drug-likeness (QED) is 0.871. The third-order valence-electron chi connectivity index (χ3n) is 4.47. The van der Waals surface area contributed by atoms with Crippen LogP contribution in [-0.4, -0.2) is 38.2 Å². The van der Waals surface area contributed by atoms with Crippen molar-refractivity contribution in [2.75, 3.05) is 6.54 Å². The van der Waals surface area contributed by atoms with Gasteiger partial charge in [0.1, 0.15) is 5.69 Å². The van der Waals surface area contributed by atoms with E-state index in [9.17, 15) is 4.79 Å². The SMILES string of the molecule is Cc1cnn(C[C@H]2CCCN2C(=O)c2csc(C3CC3)n2)c1. The van der Waals surface area contributed by atoms with Gasteiger partial charge in [-0.3, -0.25) is 9.48 Å². The van der Waals surface area contributed by atoms with Gasteiger partial charge < -0.3 is 4.90 Å². The third-order valence-corrected chi connectivity index (χ3v) is 5.47. The Balaban J connectivity index is 1.48. The number of likely N-dealkylation sites (tertiary alicyclic amines) is 1. The van der Waals surface area contributed by atoms with Crippen LogP contribution in [-0.2, 0) is 6.54 Å². The topological polar surface area (TPSA) is 51.0 Å². The number of aryl methyl sites for hydroxylation is 1. The molecule has 1 amide bonds. The summed E-state index contributed by atoms with van der Waals surface area (Å²) in [6.45, 7) is 3.65. The van der Waals surface area contributed by atoms with E-state index < -0.39 is 0 Å². The zero-order chi connectivity index (χ0) is 15.1. The van der Waals surface area contributed by atoms with E-state index in [1.165, 1.54) is 12.8 Å². The van der Waals surface area contributed by atoms with Gasteiger partial charge in [-0.15, -0.1) is 11.3 Å². The van der Waals surface area contributed by atoms with Crippen LogP contribution in [0.3, 0.4) is 0 Å². The molecule has 1 aliphatic carbocycles. The molecular formula is C16H20N4OS. The summed E-state index contributed by atoms with van der Waals surface area (Å²) in [7, 11) is 0. The Morgan fingerprint density at radius 2 is 2.27 bits per heavy atom. The van der Waals surface area contributed by atoms with E-state index in [2.05, 4.69) is 10.1 Å². The number of amides is 1. The van der Waals surface area contributed by atoms with Crippen LogP contribution in [0.2, 0.25) is 0 Å². The summed E-state index contributed by atoms with van der Waals surface area (Å²) in [4.78, 5) is 19.3. The first-order valence-electron chi connectivity index (χ1n) is 7.96. The fraction of sp³-hybridized carbons (Fsp3) is 0.562. The summed E-state index contributed by atoms with van der Waals surface area (Å²) in [6.07, 6.45) is 8.47. The fourth-order valence-corrected chi connectivity index (χ4v) is 4.09. The van der Waals surface area contributed by atoms with Crippen molar-refractivity contribution in [3.05, 3.63) is 34.0 Å². The Labute approximate surface area is 134 Å². The Hall–Kier alpha value is -1.69. The molecule has 1 atom stereocenters. The van der Waals surface area contributed by atoms with Crippen LogP contribution in [0.25, 0.3) is 0 Å². The summed E-state index contributed by atoms with van der Waals surface area (Å²) in [6, 6.07) is 0.234. The molecule has 0 radical (unpaired) electrons. The van der Waals surface area contributed by atoms with Crippen molar-refractivity contribution in [1.29, 1.82) is 0 Å². The molecule has 22 heavy (non-hydrogen) atoms. The van der Waals surface area contributed by atoms with E-state index in [-0.39, 0.29) is 11.9 Å². The van der Waals surface area contributed by atoms with Crippen molar-refractivity contribution < 1.29 is 4.79 Å². The number of thiazole rings is 1. The monoisotopic (exact) mass is 316 g/mol. The number of carbonyl (C=O) groups is 1. The van der Waals surface area contributed by atoms with Crippen LogP contribution in [0, 0.1) is 6.92 Å². The summed E-state index contributed by atoms with van der Waals surface area (Å²) in [5, 5.41) is 7.42. The summed E-state index contributed by atoms with van der Waals surface area (Å²) < 4.78 is 1.95. The van der Waals surface area contributed by atoms with Crippen molar-refractivity contribution in [3.63, 3.8) is 0 Å². The number of hydrogen-bond acceptors (Lipinski definition) is 4. The molecule has 5 nitrogen and oxygen atoms in total. The lowest BCUT2D eigenvalue weighted by atomic mass is 10.2. The first-order chi connectivity index (χ1) is 10.7. The predicted octanol–water partition coefficient (Wildman–Crippen LogP) is 2.83. The Morgan fingerprint density at radius 3 is 3.00 bits per heavy atom. The average molecular weight is 316 g/mol. The van der Waals surface area contributed by atoms with Gasteiger partial charge in [0.25, 0.3) is 5.91 Å². The molecule has 0 spiro atoms. The highest BCUT2D eigenvalue weighted by Crippen LogP contribution is 2.41. The molecule has 116 valence electrons. The molecule has 1 aliphatic heterocycles. The van der Waals surface area contributed by atoms with E-state index in [1.807, 2.05) is 34.3 Å². The molecular weight excluding hydrogens is 296 g/mol. The smallest absolute Gasteiger partial charge is 0.273 e. The predicted molar refractivity (Wildman–Crippen MR) is 85.1 cm³/mol. The molecule has 2 aliphatic rings. The minimum atomic E-state index is 0.0922. The molecule has 3 heterocycles. The first kappa shape index (κ1) is 13.9. The maximum Gasteiger partial charge on any atom is 0.273 e. The molecule has 0 aromatic carbocycles. The van der Waals surface area contributed by atoms with Gasteiger partial charge in [-0.25, -0.2) is 4.98 Å². The number of carbonyl (C=O) groups excluding carboxylic acids is 1. The number of hydrogen-bond donors (Lipinski definition) is 0. The molecule has 0 N–H and O–H groups in total. The number of aromatic nitrogens is 3. The van der Waals surface area contributed by atoms with Crippen LogP contribution in [0.5, 0.6) is 0 Å². The van der Waals surface area contributed by atoms with E-state index >= 15 is 0 Å². The molecule has 0 bridgehead atoms. The van der Waals surface area contributed by atoms with Gasteiger partial charge in [0.15, 0.2) is 0 Å². The van der Waals surface area contributed by atoms with Crippen LogP contribution >= 0.6 is 11.3 Å². The average Bonchev–Trinajstić information content (AvgIpc) is 2.92. The molecule has 4 rings (SSSR count). The van der Waals surface area contributed by atoms with Crippen molar-refractivity contribution in [3.8, 4) is 0 Å². The first-order valence-corrected chi connectivity index (χ1v) is 8.84. The van der Waals surface area contributed by atoms with E-state index in [0.29, 0.717) is 11.6 Å². The van der Waals surface area contributed by atoms with Gasteiger partial charge in [-0.1, -0.05) is 0 Å². The van der Waals surface area contributed by atoms with Gasteiger partial charge in [0.05, 0.1) is 23.8 Å². The number of nitrogens with zero attached hydrogens (tertiary/aromatic N) is 4. The summed E-state index contributed by atoms with van der Waals surface area (Å²) in [5.41, 5.74) is 1.79. The zero-order valence-electron chi connectivity index (χ0n) is 12.7. The highest BCUT2D eigenvalue weighted by molar-refractivity contribution is 7.10. The summed E-state index contributed by atoms with van der Waals surface area (Å²) >= 11 is 1.64. The lowest BCUT2D eigenvalue weighted by Gasteiger charge is -2.23. The molecule has 6 heteroatoms. The van der Waals surface area contributed by atoms with E-state index in [0.717, 1.165) is 36.5 Å². The van der Waals surface area contributed by atoms with Crippen molar-refractivity contribution in [2.24, 2.45) is 0 Å². The highest BCUT2D eigenvalue weighted by atomic mass is 32.1. The molecule has 2 aromatic rings. The molecule has 1 saturated carbocycles. The lowest BCUT2D eigenvalue weighted by Crippen LogP contribution is -2.38. The van der Waals surface area contributed by atoms with Crippen LogP contribution in [0.15, 0.2) is 17.8 Å². The Bertz CT molecular complexity index is 688. The normalized spacial score (nSPS) is 21.5. The molecule has 2 fully saturated rings. The van der Waals surface area contributed by atoms with Gasteiger partial charge in [0, 0.05) is 24.0 Å². The Kier molecular flexibility index (Phi) is 3.48. The summed E-state index contributed by atoms with van der Waals surface area (Å²) in [5.74, 6) is 0.711. The van der Waals surface area contributed by atoms with Gasteiger partial charge in [0.2, 0.25) is 0 Å².